The molecule has 5 heteroatoms. The number of carbonyl (C=O) groups excluding carboxylic acids is 1. The minimum atomic E-state index is -0.173. The van der Waals surface area contributed by atoms with E-state index in [0.29, 0.717) is 18.1 Å². The average molecular weight is 266 g/mol. The fourth-order valence-corrected chi connectivity index (χ4v) is 3.08. The standard InChI is InChI=1S/C14H22N2O3/c1-4-6-14(10-18-3)7-5-8-16(14)13(17)12-9-11(2)19-15-12/h9H,4-8,10H2,1-3H3/t14-/m1/s1. The molecule has 0 bridgehead atoms. The Morgan fingerprint density at radius 1 is 1.63 bits per heavy atom. The normalized spacial score (nSPS) is 23.0. The van der Waals surface area contributed by atoms with Gasteiger partial charge in [-0.2, -0.15) is 0 Å². The van der Waals surface area contributed by atoms with Gasteiger partial charge in [0.05, 0.1) is 12.1 Å². The van der Waals surface area contributed by atoms with Gasteiger partial charge in [0.1, 0.15) is 5.76 Å². The van der Waals surface area contributed by atoms with Gasteiger partial charge in [0, 0.05) is 19.7 Å². The van der Waals surface area contributed by atoms with Gasteiger partial charge in [0.2, 0.25) is 0 Å². The molecule has 1 aliphatic heterocycles. The van der Waals surface area contributed by atoms with Crippen molar-refractivity contribution in [2.45, 2.75) is 45.1 Å². The predicted octanol–water partition coefficient (Wildman–Crippen LogP) is 2.40. The highest BCUT2D eigenvalue weighted by molar-refractivity contribution is 5.93. The number of hydrogen-bond acceptors (Lipinski definition) is 4. The number of nitrogens with zero attached hydrogens (tertiary/aromatic N) is 2. The molecule has 19 heavy (non-hydrogen) atoms. The zero-order chi connectivity index (χ0) is 13.9. The van der Waals surface area contributed by atoms with E-state index >= 15 is 0 Å². The molecule has 1 amide bonds. The molecule has 1 fully saturated rings. The molecule has 0 radical (unpaired) electrons. The van der Waals surface area contributed by atoms with Crippen LogP contribution < -0.4 is 0 Å². The van der Waals surface area contributed by atoms with E-state index in [4.69, 9.17) is 9.26 Å². The molecular weight excluding hydrogens is 244 g/mol. The van der Waals surface area contributed by atoms with E-state index in [1.54, 1.807) is 20.1 Å². The van der Waals surface area contributed by atoms with E-state index in [1.165, 1.54) is 0 Å². The second kappa shape index (κ2) is 5.74. The van der Waals surface area contributed by atoms with Gasteiger partial charge < -0.3 is 14.2 Å². The van der Waals surface area contributed by atoms with Crippen molar-refractivity contribution >= 4 is 5.91 Å². The second-order valence-electron chi connectivity index (χ2n) is 5.29. The minimum Gasteiger partial charge on any atom is -0.382 e. The molecular formula is C14H22N2O3. The Hall–Kier alpha value is -1.36. The van der Waals surface area contributed by atoms with Crippen LogP contribution in [0.2, 0.25) is 0 Å². The lowest BCUT2D eigenvalue weighted by Crippen LogP contribution is -2.50. The van der Waals surface area contributed by atoms with Gasteiger partial charge in [-0.05, 0) is 26.2 Å². The van der Waals surface area contributed by atoms with E-state index in [1.807, 2.05) is 4.90 Å². The number of aromatic nitrogens is 1. The van der Waals surface area contributed by atoms with E-state index < -0.39 is 0 Å². The molecule has 2 heterocycles. The van der Waals surface area contributed by atoms with Crippen molar-refractivity contribution in [2.24, 2.45) is 0 Å². The summed E-state index contributed by atoms with van der Waals surface area (Å²) < 4.78 is 10.4. The summed E-state index contributed by atoms with van der Waals surface area (Å²) in [5.74, 6) is 0.621. The molecule has 0 aliphatic carbocycles. The van der Waals surface area contributed by atoms with Gasteiger partial charge in [0.25, 0.3) is 5.91 Å². The third kappa shape index (κ3) is 2.66. The van der Waals surface area contributed by atoms with Crippen molar-refractivity contribution in [1.29, 1.82) is 0 Å². The Labute approximate surface area is 113 Å². The molecule has 5 nitrogen and oxygen atoms in total. The Morgan fingerprint density at radius 3 is 3.00 bits per heavy atom. The summed E-state index contributed by atoms with van der Waals surface area (Å²) >= 11 is 0. The van der Waals surface area contributed by atoms with Crippen LogP contribution in [-0.2, 0) is 4.74 Å². The van der Waals surface area contributed by atoms with Gasteiger partial charge in [0.15, 0.2) is 5.69 Å². The van der Waals surface area contributed by atoms with Gasteiger partial charge in [-0.15, -0.1) is 0 Å². The molecule has 0 saturated carbocycles. The number of methoxy groups -OCH3 is 1. The molecule has 0 spiro atoms. The Bertz CT molecular complexity index is 436. The summed E-state index contributed by atoms with van der Waals surface area (Å²) in [6, 6.07) is 1.70. The molecule has 1 atom stereocenters. The first kappa shape index (κ1) is 14.1. The fourth-order valence-electron chi connectivity index (χ4n) is 3.08. The molecule has 0 N–H and O–H groups in total. The van der Waals surface area contributed by atoms with Gasteiger partial charge in [-0.25, -0.2) is 0 Å². The summed E-state index contributed by atoms with van der Waals surface area (Å²) in [4.78, 5) is 14.5. The highest BCUT2D eigenvalue weighted by Gasteiger charge is 2.43. The summed E-state index contributed by atoms with van der Waals surface area (Å²) in [5, 5.41) is 3.84. The third-order valence-corrected chi connectivity index (χ3v) is 3.82. The maximum Gasteiger partial charge on any atom is 0.276 e. The SMILES string of the molecule is CCC[C@]1(COC)CCCN1C(=O)c1cc(C)on1. The van der Waals surface area contributed by atoms with Crippen LogP contribution in [0.3, 0.4) is 0 Å². The molecule has 1 aromatic heterocycles. The highest BCUT2D eigenvalue weighted by atomic mass is 16.5. The van der Waals surface area contributed by atoms with E-state index in [9.17, 15) is 4.79 Å². The van der Waals surface area contributed by atoms with Crippen molar-refractivity contribution in [3.05, 3.63) is 17.5 Å². The van der Waals surface area contributed by atoms with Gasteiger partial charge in [-0.1, -0.05) is 18.5 Å². The van der Waals surface area contributed by atoms with E-state index in [0.717, 1.165) is 32.2 Å². The van der Waals surface area contributed by atoms with Crippen molar-refractivity contribution in [2.75, 3.05) is 20.3 Å². The number of amides is 1. The lowest BCUT2D eigenvalue weighted by Gasteiger charge is -2.37. The molecule has 0 aromatic carbocycles. The minimum absolute atomic E-state index is 0.0418. The lowest BCUT2D eigenvalue weighted by atomic mass is 9.91. The van der Waals surface area contributed by atoms with Gasteiger partial charge in [-0.3, -0.25) is 4.79 Å². The number of rotatable bonds is 5. The number of ether oxygens (including phenoxy) is 1. The number of aryl methyl sites for hydroxylation is 1. The van der Waals surface area contributed by atoms with Crippen LogP contribution in [-0.4, -0.2) is 41.8 Å². The van der Waals surface area contributed by atoms with Crippen LogP contribution >= 0.6 is 0 Å². The summed E-state index contributed by atoms with van der Waals surface area (Å²) in [5.41, 5.74) is 0.226. The highest BCUT2D eigenvalue weighted by Crippen LogP contribution is 2.35. The monoisotopic (exact) mass is 266 g/mol. The van der Waals surface area contributed by atoms with Crippen molar-refractivity contribution in [3.63, 3.8) is 0 Å². The smallest absolute Gasteiger partial charge is 0.276 e. The first-order valence-corrected chi connectivity index (χ1v) is 6.87. The van der Waals surface area contributed by atoms with Crippen LogP contribution in [0.15, 0.2) is 10.6 Å². The van der Waals surface area contributed by atoms with E-state index in [2.05, 4.69) is 12.1 Å². The summed E-state index contributed by atoms with van der Waals surface area (Å²) in [6.07, 6.45) is 4.01. The van der Waals surface area contributed by atoms with Crippen molar-refractivity contribution < 1.29 is 14.1 Å². The van der Waals surface area contributed by atoms with Crippen molar-refractivity contribution in [1.82, 2.24) is 10.1 Å². The van der Waals surface area contributed by atoms with E-state index in [-0.39, 0.29) is 11.4 Å². The first-order valence-electron chi connectivity index (χ1n) is 6.87. The largest absolute Gasteiger partial charge is 0.382 e. The zero-order valence-electron chi connectivity index (χ0n) is 11.9. The molecule has 1 aromatic rings. The maximum atomic E-state index is 12.6. The maximum absolute atomic E-state index is 12.6. The Kier molecular flexibility index (Phi) is 4.24. The number of hydrogen-bond donors (Lipinski definition) is 0. The Balaban J connectivity index is 2.23. The third-order valence-electron chi connectivity index (χ3n) is 3.82. The van der Waals surface area contributed by atoms with Crippen LogP contribution in [0.1, 0.15) is 48.9 Å². The van der Waals surface area contributed by atoms with Gasteiger partial charge >= 0.3 is 0 Å². The number of likely N-dealkylation sites (tertiary alicyclic amines) is 1. The summed E-state index contributed by atoms with van der Waals surface area (Å²) in [6.45, 7) is 5.29. The summed E-state index contributed by atoms with van der Waals surface area (Å²) in [7, 11) is 1.69. The van der Waals surface area contributed by atoms with Crippen molar-refractivity contribution in [3.8, 4) is 0 Å². The molecule has 0 unspecified atom stereocenters. The first-order chi connectivity index (χ1) is 9.13. The topological polar surface area (TPSA) is 55.6 Å². The zero-order valence-corrected chi connectivity index (χ0v) is 11.9. The molecule has 1 saturated heterocycles. The van der Waals surface area contributed by atoms with Crippen LogP contribution in [0.25, 0.3) is 0 Å². The number of carbonyl (C=O) groups is 1. The molecule has 1 aliphatic rings. The predicted molar refractivity (Wildman–Crippen MR) is 71.0 cm³/mol. The second-order valence-corrected chi connectivity index (χ2v) is 5.29. The van der Waals surface area contributed by atoms with Crippen LogP contribution in [0.4, 0.5) is 0 Å². The average Bonchev–Trinajstić information content (AvgIpc) is 2.97. The fraction of sp³-hybridized carbons (Fsp3) is 0.714. The van der Waals surface area contributed by atoms with Crippen LogP contribution in [0.5, 0.6) is 0 Å². The quantitative estimate of drug-likeness (QED) is 0.821. The molecule has 106 valence electrons. The molecule has 2 rings (SSSR count). The lowest BCUT2D eigenvalue weighted by molar-refractivity contribution is 0.0247. The Morgan fingerprint density at radius 2 is 2.42 bits per heavy atom. The van der Waals surface area contributed by atoms with Crippen LogP contribution in [0, 0.1) is 6.92 Å².